The van der Waals surface area contributed by atoms with Gasteiger partial charge in [0.15, 0.2) is 0 Å². The predicted molar refractivity (Wildman–Crippen MR) is 67.0 cm³/mol. The first-order valence-electron chi connectivity index (χ1n) is 6.53. The fourth-order valence-corrected chi connectivity index (χ4v) is 3.16. The van der Waals surface area contributed by atoms with Crippen LogP contribution in [0.2, 0.25) is 0 Å². The van der Waals surface area contributed by atoms with E-state index in [1.165, 1.54) is 32.1 Å². The smallest absolute Gasteiger partial charge is 0.208 e. The van der Waals surface area contributed by atoms with Crippen LogP contribution in [0.3, 0.4) is 0 Å². The van der Waals surface area contributed by atoms with Crippen molar-refractivity contribution in [1.29, 1.82) is 0 Å². The van der Waals surface area contributed by atoms with E-state index in [0.717, 1.165) is 18.4 Å². The lowest BCUT2D eigenvalue weighted by Crippen LogP contribution is -2.53. The summed E-state index contributed by atoms with van der Waals surface area (Å²) in [4.78, 5) is 6.99. The minimum atomic E-state index is 0.299. The highest BCUT2D eigenvalue weighted by atomic mass is 15.4. The Kier molecular flexibility index (Phi) is 3.69. The molecule has 0 spiro atoms. The van der Waals surface area contributed by atoms with Gasteiger partial charge in [0.1, 0.15) is 0 Å². The summed E-state index contributed by atoms with van der Waals surface area (Å²) in [5.74, 6) is 7.38. The van der Waals surface area contributed by atoms with Gasteiger partial charge >= 0.3 is 0 Å². The van der Waals surface area contributed by atoms with E-state index in [-0.39, 0.29) is 0 Å². The van der Waals surface area contributed by atoms with E-state index in [2.05, 4.69) is 29.2 Å². The number of hydrogen-bond acceptors (Lipinski definition) is 2. The zero-order chi connectivity index (χ0) is 11.5. The van der Waals surface area contributed by atoms with E-state index < -0.39 is 0 Å². The molecule has 0 aromatic heterocycles. The number of piperidine rings is 1. The Morgan fingerprint density at radius 3 is 2.75 bits per heavy atom. The summed E-state index contributed by atoms with van der Waals surface area (Å²) in [7, 11) is 0. The Labute approximate surface area is 98.3 Å². The Morgan fingerprint density at radius 2 is 2.06 bits per heavy atom. The first-order chi connectivity index (χ1) is 7.72. The molecule has 0 bridgehead atoms. The lowest BCUT2D eigenvalue weighted by molar-refractivity contribution is 0.185. The standard InChI is InChI=1S/C12H24N4/c1-9(2)14-12(15-13)16-8-4-6-10-5-3-7-11(10)16/h9-11H,3-8,13H2,1-2H3,(H,14,15). The maximum absolute atomic E-state index is 5.61. The van der Waals surface area contributed by atoms with Crippen LogP contribution in [0.4, 0.5) is 0 Å². The number of nitrogens with zero attached hydrogens (tertiary/aromatic N) is 2. The fourth-order valence-electron chi connectivity index (χ4n) is 3.16. The van der Waals surface area contributed by atoms with Crippen LogP contribution in [0, 0.1) is 5.92 Å². The van der Waals surface area contributed by atoms with Crippen LogP contribution in [0.15, 0.2) is 4.99 Å². The van der Waals surface area contributed by atoms with Gasteiger partial charge in [0.2, 0.25) is 5.96 Å². The van der Waals surface area contributed by atoms with Gasteiger partial charge in [0, 0.05) is 18.6 Å². The number of aliphatic imine (C=N–C) groups is 1. The molecule has 0 aromatic carbocycles. The summed E-state index contributed by atoms with van der Waals surface area (Å²) in [5.41, 5.74) is 2.79. The number of guanidine groups is 1. The van der Waals surface area contributed by atoms with Gasteiger partial charge < -0.3 is 4.90 Å². The Bertz CT molecular complexity index is 262. The van der Waals surface area contributed by atoms with Crippen LogP contribution in [0.25, 0.3) is 0 Å². The molecule has 2 aliphatic rings. The molecule has 3 N–H and O–H groups in total. The van der Waals surface area contributed by atoms with E-state index in [1.807, 2.05) is 0 Å². The van der Waals surface area contributed by atoms with Crippen molar-refractivity contribution in [3.63, 3.8) is 0 Å². The number of hydrogen-bond donors (Lipinski definition) is 2. The third-order valence-electron chi connectivity index (χ3n) is 3.77. The normalized spacial score (nSPS) is 30.8. The van der Waals surface area contributed by atoms with Gasteiger partial charge in [0.25, 0.3) is 0 Å². The molecule has 2 fully saturated rings. The topological polar surface area (TPSA) is 53.6 Å². The molecule has 0 amide bonds. The highest BCUT2D eigenvalue weighted by Gasteiger charge is 2.36. The van der Waals surface area contributed by atoms with Gasteiger partial charge in [-0.1, -0.05) is 6.42 Å². The first kappa shape index (κ1) is 11.7. The minimum absolute atomic E-state index is 0.299. The molecule has 0 radical (unpaired) electrons. The van der Waals surface area contributed by atoms with E-state index in [4.69, 9.17) is 5.84 Å². The summed E-state index contributed by atoms with van der Waals surface area (Å²) < 4.78 is 0. The number of nitrogens with two attached hydrogens (primary N) is 1. The fraction of sp³-hybridized carbons (Fsp3) is 0.917. The van der Waals surface area contributed by atoms with Crippen molar-refractivity contribution in [2.45, 2.75) is 58.0 Å². The van der Waals surface area contributed by atoms with Gasteiger partial charge in [-0.3, -0.25) is 5.43 Å². The SMILES string of the molecule is CC(C)N=C(NN)N1CCCC2CCCC21. The lowest BCUT2D eigenvalue weighted by atomic mass is 9.92. The molecule has 1 saturated carbocycles. The van der Waals surface area contributed by atoms with Crippen molar-refractivity contribution >= 4 is 5.96 Å². The predicted octanol–water partition coefficient (Wildman–Crippen LogP) is 1.48. The van der Waals surface area contributed by atoms with E-state index in [0.29, 0.717) is 12.1 Å². The van der Waals surface area contributed by atoms with Crippen molar-refractivity contribution in [2.24, 2.45) is 16.8 Å². The molecule has 0 aromatic rings. The van der Waals surface area contributed by atoms with Gasteiger partial charge in [0.05, 0.1) is 0 Å². The maximum atomic E-state index is 5.61. The molecule has 1 saturated heterocycles. The van der Waals surface area contributed by atoms with Crippen LogP contribution in [-0.2, 0) is 0 Å². The van der Waals surface area contributed by atoms with Gasteiger partial charge in [-0.25, -0.2) is 10.8 Å². The Morgan fingerprint density at radius 1 is 1.31 bits per heavy atom. The van der Waals surface area contributed by atoms with Crippen LogP contribution in [-0.4, -0.2) is 29.5 Å². The number of likely N-dealkylation sites (tertiary alicyclic amines) is 1. The highest BCUT2D eigenvalue weighted by molar-refractivity contribution is 5.80. The quantitative estimate of drug-likeness (QED) is 0.307. The van der Waals surface area contributed by atoms with Crippen LogP contribution in [0.5, 0.6) is 0 Å². The first-order valence-corrected chi connectivity index (χ1v) is 6.53. The highest BCUT2D eigenvalue weighted by Crippen LogP contribution is 2.36. The lowest BCUT2D eigenvalue weighted by Gasteiger charge is -2.39. The summed E-state index contributed by atoms with van der Waals surface area (Å²) in [6.07, 6.45) is 6.73. The summed E-state index contributed by atoms with van der Waals surface area (Å²) in [6.45, 7) is 5.29. The Hall–Kier alpha value is -0.770. The van der Waals surface area contributed by atoms with Crippen molar-refractivity contribution in [3.05, 3.63) is 0 Å². The summed E-state index contributed by atoms with van der Waals surface area (Å²) in [6, 6.07) is 0.982. The molecular weight excluding hydrogens is 200 g/mol. The van der Waals surface area contributed by atoms with E-state index in [1.54, 1.807) is 0 Å². The molecular formula is C12H24N4. The monoisotopic (exact) mass is 224 g/mol. The molecule has 1 heterocycles. The third kappa shape index (κ3) is 2.32. The second-order valence-corrected chi connectivity index (χ2v) is 5.28. The van der Waals surface area contributed by atoms with Crippen molar-refractivity contribution in [3.8, 4) is 0 Å². The second kappa shape index (κ2) is 5.04. The van der Waals surface area contributed by atoms with Gasteiger partial charge in [-0.2, -0.15) is 0 Å². The van der Waals surface area contributed by atoms with Crippen molar-refractivity contribution in [1.82, 2.24) is 10.3 Å². The third-order valence-corrected chi connectivity index (χ3v) is 3.77. The van der Waals surface area contributed by atoms with Crippen molar-refractivity contribution < 1.29 is 0 Å². The average Bonchev–Trinajstić information content (AvgIpc) is 2.73. The molecule has 1 aliphatic carbocycles. The zero-order valence-electron chi connectivity index (χ0n) is 10.4. The average molecular weight is 224 g/mol. The molecule has 1 aliphatic heterocycles. The maximum Gasteiger partial charge on any atom is 0.208 e. The molecule has 92 valence electrons. The second-order valence-electron chi connectivity index (χ2n) is 5.28. The molecule has 2 atom stereocenters. The van der Waals surface area contributed by atoms with Crippen LogP contribution in [0.1, 0.15) is 46.0 Å². The number of hydrazine groups is 1. The number of rotatable bonds is 1. The van der Waals surface area contributed by atoms with E-state index in [9.17, 15) is 0 Å². The number of fused-ring (bicyclic) bond motifs is 1. The molecule has 4 heteroatoms. The van der Waals surface area contributed by atoms with Crippen LogP contribution >= 0.6 is 0 Å². The molecule has 2 unspecified atom stereocenters. The van der Waals surface area contributed by atoms with Crippen LogP contribution < -0.4 is 11.3 Å². The van der Waals surface area contributed by atoms with Gasteiger partial charge in [-0.05, 0) is 45.4 Å². The van der Waals surface area contributed by atoms with Crippen molar-refractivity contribution in [2.75, 3.05) is 6.54 Å². The van der Waals surface area contributed by atoms with E-state index >= 15 is 0 Å². The molecule has 4 nitrogen and oxygen atoms in total. The van der Waals surface area contributed by atoms with Gasteiger partial charge in [-0.15, -0.1) is 0 Å². The summed E-state index contributed by atoms with van der Waals surface area (Å²) >= 11 is 0. The molecule has 16 heavy (non-hydrogen) atoms. The number of nitrogens with one attached hydrogen (secondary N) is 1. The summed E-state index contributed by atoms with van der Waals surface area (Å²) in [5, 5.41) is 0. The minimum Gasteiger partial charge on any atom is -0.339 e. The molecule has 2 rings (SSSR count). The Balaban J connectivity index is 2.11. The zero-order valence-corrected chi connectivity index (χ0v) is 10.4. The largest absolute Gasteiger partial charge is 0.339 e.